The summed E-state index contributed by atoms with van der Waals surface area (Å²) >= 11 is 0. The van der Waals surface area contributed by atoms with Crippen LogP contribution in [-0.4, -0.2) is 42.3 Å². The van der Waals surface area contributed by atoms with Crippen molar-refractivity contribution in [1.82, 2.24) is 0 Å². The minimum atomic E-state index is -2.96. The standard InChI is InChI=1S/C9H22O5Si/c1-5-10-9-14-15(11-6-2,12-7-3)13-8-4/h5-9H2,1-4H3. The molecular weight excluding hydrogens is 216 g/mol. The molecule has 0 aromatic rings. The molecule has 0 heterocycles. The minimum absolute atomic E-state index is 0.142. The molecule has 0 atom stereocenters. The summed E-state index contributed by atoms with van der Waals surface area (Å²) in [5.41, 5.74) is 0. The van der Waals surface area contributed by atoms with Gasteiger partial charge in [-0.3, -0.25) is 0 Å². The van der Waals surface area contributed by atoms with Crippen molar-refractivity contribution < 1.29 is 22.4 Å². The molecule has 5 nitrogen and oxygen atoms in total. The van der Waals surface area contributed by atoms with Crippen molar-refractivity contribution in [2.24, 2.45) is 0 Å². The largest absolute Gasteiger partial charge is 0.681 e. The first kappa shape index (κ1) is 15.0. The lowest BCUT2D eigenvalue weighted by atomic mass is 10.9. The first-order valence-corrected chi connectivity index (χ1v) is 7.01. The van der Waals surface area contributed by atoms with E-state index in [9.17, 15) is 0 Å². The Morgan fingerprint density at radius 1 is 0.667 bits per heavy atom. The highest BCUT2D eigenvalue weighted by atomic mass is 28.4. The molecule has 92 valence electrons. The van der Waals surface area contributed by atoms with Crippen molar-refractivity contribution >= 4 is 9.05 Å². The zero-order valence-electron chi connectivity index (χ0n) is 10.1. The molecule has 0 rings (SSSR count). The molecule has 0 saturated carbocycles. The van der Waals surface area contributed by atoms with Crippen LogP contribution in [-0.2, 0) is 22.4 Å². The maximum Gasteiger partial charge on any atom is 0.681 e. The fraction of sp³-hybridized carbons (Fsp3) is 1.00. The average Bonchev–Trinajstić information content (AvgIpc) is 2.19. The van der Waals surface area contributed by atoms with Crippen molar-refractivity contribution in [1.29, 1.82) is 0 Å². The third-order valence-electron chi connectivity index (χ3n) is 1.49. The molecule has 0 unspecified atom stereocenters. The van der Waals surface area contributed by atoms with Crippen LogP contribution in [0.3, 0.4) is 0 Å². The van der Waals surface area contributed by atoms with Crippen LogP contribution in [0.25, 0.3) is 0 Å². The molecule has 0 aliphatic rings. The van der Waals surface area contributed by atoms with E-state index in [2.05, 4.69) is 0 Å². The molecule has 15 heavy (non-hydrogen) atoms. The summed E-state index contributed by atoms with van der Waals surface area (Å²) < 4.78 is 26.9. The van der Waals surface area contributed by atoms with Gasteiger partial charge >= 0.3 is 9.05 Å². The van der Waals surface area contributed by atoms with Gasteiger partial charge in [0.15, 0.2) is 0 Å². The maximum absolute atomic E-state index is 5.45. The van der Waals surface area contributed by atoms with Gasteiger partial charge in [-0.15, -0.1) is 0 Å². The van der Waals surface area contributed by atoms with Crippen molar-refractivity contribution in [2.45, 2.75) is 27.7 Å². The highest BCUT2D eigenvalue weighted by molar-refractivity contribution is 6.53. The van der Waals surface area contributed by atoms with Crippen LogP contribution in [0.15, 0.2) is 0 Å². The smallest absolute Gasteiger partial charge is 0.356 e. The van der Waals surface area contributed by atoms with Crippen LogP contribution in [0.2, 0.25) is 0 Å². The van der Waals surface area contributed by atoms with Gasteiger partial charge in [0.05, 0.1) is 0 Å². The Hall–Kier alpha value is 0.0169. The third kappa shape index (κ3) is 6.24. The van der Waals surface area contributed by atoms with Gasteiger partial charge in [-0.25, -0.2) is 0 Å². The molecule has 0 aliphatic carbocycles. The summed E-state index contributed by atoms with van der Waals surface area (Å²) in [5, 5.41) is 0. The molecule has 0 spiro atoms. The topological polar surface area (TPSA) is 46.2 Å². The predicted octanol–water partition coefficient (Wildman–Crippen LogP) is 1.54. The normalized spacial score (nSPS) is 12.0. The van der Waals surface area contributed by atoms with Crippen LogP contribution in [0.5, 0.6) is 0 Å². The monoisotopic (exact) mass is 238 g/mol. The van der Waals surface area contributed by atoms with Crippen molar-refractivity contribution in [3.63, 3.8) is 0 Å². The first-order valence-electron chi connectivity index (χ1n) is 5.38. The summed E-state index contributed by atoms with van der Waals surface area (Å²) in [5.74, 6) is 0. The summed E-state index contributed by atoms with van der Waals surface area (Å²) in [4.78, 5) is 0. The van der Waals surface area contributed by atoms with Gasteiger partial charge < -0.3 is 22.4 Å². The van der Waals surface area contributed by atoms with E-state index in [1.807, 2.05) is 27.7 Å². The SMILES string of the molecule is CCOCO[Si](OCC)(OCC)OCC. The van der Waals surface area contributed by atoms with Crippen molar-refractivity contribution in [2.75, 3.05) is 33.2 Å². The highest BCUT2D eigenvalue weighted by Crippen LogP contribution is 2.11. The van der Waals surface area contributed by atoms with E-state index in [0.717, 1.165) is 0 Å². The van der Waals surface area contributed by atoms with E-state index in [-0.39, 0.29) is 6.79 Å². The van der Waals surface area contributed by atoms with Crippen molar-refractivity contribution in [3.05, 3.63) is 0 Å². The molecule has 0 bridgehead atoms. The minimum Gasteiger partial charge on any atom is -0.356 e. The molecule has 0 amide bonds. The van der Waals surface area contributed by atoms with Gasteiger partial charge in [-0.05, 0) is 27.7 Å². The summed E-state index contributed by atoms with van der Waals surface area (Å²) in [6.45, 7) is 9.76. The van der Waals surface area contributed by atoms with E-state index in [0.29, 0.717) is 26.4 Å². The number of hydrogen-bond donors (Lipinski definition) is 0. The van der Waals surface area contributed by atoms with Gasteiger partial charge in [0.1, 0.15) is 6.79 Å². The molecule has 0 aliphatic heterocycles. The molecule has 0 N–H and O–H groups in total. The lowest BCUT2D eigenvalue weighted by molar-refractivity contribution is -0.0858. The van der Waals surface area contributed by atoms with Crippen LogP contribution >= 0.6 is 0 Å². The predicted molar refractivity (Wildman–Crippen MR) is 58.2 cm³/mol. The Balaban J connectivity index is 4.18. The van der Waals surface area contributed by atoms with E-state index >= 15 is 0 Å². The number of rotatable bonds is 10. The molecule has 6 heteroatoms. The Labute approximate surface area is 93.1 Å². The zero-order valence-corrected chi connectivity index (χ0v) is 11.1. The fourth-order valence-corrected chi connectivity index (χ4v) is 2.77. The van der Waals surface area contributed by atoms with Gasteiger partial charge in [0.25, 0.3) is 0 Å². The van der Waals surface area contributed by atoms with Crippen molar-refractivity contribution in [3.8, 4) is 0 Å². The van der Waals surface area contributed by atoms with Crippen LogP contribution in [0, 0.1) is 0 Å². The average molecular weight is 238 g/mol. The van der Waals surface area contributed by atoms with Gasteiger partial charge in [0, 0.05) is 26.4 Å². The van der Waals surface area contributed by atoms with Crippen LogP contribution in [0.4, 0.5) is 0 Å². The molecule has 0 radical (unpaired) electrons. The Bertz CT molecular complexity index is 127. The van der Waals surface area contributed by atoms with Crippen LogP contribution < -0.4 is 0 Å². The summed E-state index contributed by atoms with van der Waals surface area (Å²) in [7, 11) is -2.96. The lowest BCUT2D eigenvalue weighted by Crippen LogP contribution is -2.49. The fourth-order valence-electron chi connectivity index (χ4n) is 0.977. The lowest BCUT2D eigenvalue weighted by Gasteiger charge is -2.26. The third-order valence-corrected chi connectivity index (χ3v) is 3.88. The van der Waals surface area contributed by atoms with Gasteiger partial charge in [0.2, 0.25) is 0 Å². The van der Waals surface area contributed by atoms with E-state index in [1.54, 1.807) is 0 Å². The van der Waals surface area contributed by atoms with Crippen LogP contribution in [0.1, 0.15) is 27.7 Å². The molecular formula is C9H22O5Si. The number of hydrogen-bond acceptors (Lipinski definition) is 5. The highest BCUT2D eigenvalue weighted by Gasteiger charge is 2.44. The van der Waals surface area contributed by atoms with Gasteiger partial charge in [-0.1, -0.05) is 0 Å². The second-order valence-electron chi connectivity index (χ2n) is 2.55. The number of ether oxygens (including phenoxy) is 1. The Morgan fingerprint density at radius 2 is 1.13 bits per heavy atom. The van der Waals surface area contributed by atoms with E-state index in [1.165, 1.54) is 0 Å². The Morgan fingerprint density at radius 3 is 1.47 bits per heavy atom. The zero-order chi connectivity index (χ0) is 11.6. The van der Waals surface area contributed by atoms with E-state index in [4.69, 9.17) is 22.4 Å². The molecule has 0 fully saturated rings. The van der Waals surface area contributed by atoms with Gasteiger partial charge in [-0.2, -0.15) is 0 Å². The second kappa shape index (κ2) is 9.26. The Kier molecular flexibility index (Phi) is 9.27. The van der Waals surface area contributed by atoms with E-state index < -0.39 is 9.05 Å². The summed E-state index contributed by atoms with van der Waals surface area (Å²) in [6.07, 6.45) is 0. The molecule has 0 aromatic carbocycles. The molecule has 0 saturated heterocycles. The molecule has 0 aromatic heterocycles. The summed E-state index contributed by atoms with van der Waals surface area (Å²) in [6, 6.07) is 0. The maximum atomic E-state index is 5.45. The quantitative estimate of drug-likeness (QED) is 0.328. The first-order chi connectivity index (χ1) is 7.24. The second-order valence-corrected chi connectivity index (χ2v) is 4.71.